The van der Waals surface area contributed by atoms with Crippen LogP contribution < -0.4 is 5.32 Å². The number of carboxylic acids is 1. The van der Waals surface area contributed by atoms with E-state index in [9.17, 15) is 19.5 Å². The van der Waals surface area contributed by atoms with E-state index in [2.05, 4.69) is 17.4 Å². The van der Waals surface area contributed by atoms with Gasteiger partial charge in [0.1, 0.15) is 18.2 Å². The molecule has 0 spiro atoms. The Kier molecular flexibility index (Phi) is 7.26. The standard InChI is InChI=1S/C33H34N2O6/c1-21(40-19-22-10-3-2-4-11-22)29(30(36)35-17-9-12-23-18-33(23,35)31(37)38)34-32(39)41-20-28-26-15-7-5-13-24(26)25-14-6-8-16-27(25)28/h2-8,10-11,13-16,21,23,28-29H,9,12,17-20H2,1H3,(H,34,39)(H,37,38)/t21-,23?,29+,33?/m0/s1. The third-order valence-electron chi connectivity index (χ3n) is 8.83. The number of benzene rings is 3. The smallest absolute Gasteiger partial charge is 0.407 e. The van der Waals surface area contributed by atoms with Crippen LogP contribution in [0.3, 0.4) is 0 Å². The normalized spacial score (nSPS) is 22.1. The van der Waals surface area contributed by atoms with Gasteiger partial charge in [-0.25, -0.2) is 9.59 Å². The summed E-state index contributed by atoms with van der Waals surface area (Å²) in [4.78, 5) is 40.9. The van der Waals surface area contributed by atoms with Gasteiger partial charge in [-0.1, -0.05) is 78.9 Å². The maximum atomic E-state index is 13.9. The number of carbonyl (C=O) groups excluding carboxylic acids is 2. The lowest BCUT2D eigenvalue weighted by molar-refractivity contribution is -0.157. The van der Waals surface area contributed by atoms with Crippen molar-refractivity contribution in [2.45, 2.75) is 56.4 Å². The lowest BCUT2D eigenvalue weighted by Crippen LogP contribution is -2.60. The first-order valence-corrected chi connectivity index (χ1v) is 14.2. The minimum Gasteiger partial charge on any atom is -0.479 e. The highest BCUT2D eigenvalue weighted by molar-refractivity contribution is 5.94. The van der Waals surface area contributed by atoms with Crippen LogP contribution in [0.15, 0.2) is 78.9 Å². The van der Waals surface area contributed by atoms with Gasteiger partial charge in [0.2, 0.25) is 5.91 Å². The lowest BCUT2D eigenvalue weighted by Gasteiger charge is -2.37. The summed E-state index contributed by atoms with van der Waals surface area (Å²) in [7, 11) is 0. The highest BCUT2D eigenvalue weighted by Crippen LogP contribution is 2.54. The van der Waals surface area contributed by atoms with Crippen LogP contribution in [-0.4, -0.2) is 58.8 Å². The molecular formula is C33H34N2O6. The van der Waals surface area contributed by atoms with Crippen LogP contribution in [0.4, 0.5) is 4.79 Å². The van der Waals surface area contributed by atoms with Crippen LogP contribution in [0.5, 0.6) is 0 Å². The van der Waals surface area contributed by atoms with Gasteiger partial charge < -0.3 is 24.8 Å². The first-order valence-electron chi connectivity index (χ1n) is 14.2. The van der Waals surface area contributed by atoms with Crippen molar-refractivity contribution in [3.8, 4) is 11.1 Å². The fourth-order valence-electron chi connectivity index (χ4n) is 6.58. The van der Waals surface area contributed by atoms with Crippen molar-refractivity contribution in [3.05, 3.63) is 95.6 Å². The molecule has 1 aliphatic heterocycles. The Labute approximate surface area is 239 Å². The van der Waals surface area contributed by atoms with Crippen LogP contribution >= 0.6 is 0 Å². The fourth-order valence-corrected chi connectivity index (χ4v) is 6.58. The Balaban J connectivity index is 1.19. The molecule has 8 nitrogen and oxygen atoms in total. The average Bonchev–Trinajstić information content (AvgIpc) is 3.68. The van der Waals surface area contributed by atoms with Crippen molar-refractivity contribution in [1.82, 2.24) is 10.2 Å². The number of nitrogens with one attached hydrogen (secondary N) is 1. The van der Waals surface area contributed by atoms with Gasteiger partial charge in [0.25, 0.3) is 0 Å². The second-order valence-electron chi connectivity index (χ2n) is 11.2. The summed E-state index contributed by atoms with van der Waals surface area (Å²) in [6, 6.07) is 24.6. The number of carbonyl (C=O) groups is 3. The number of hydrogen-bond acceptors (Lipinski definition) is 5. The Bertz CT molecular complexity index is 1410. The molecule has 4 atom stereocenters. The average molecular weight is 555 g/mol. The van der Waals surface area contributed by atoms with Gasteiger partial charge in [0, 0.05) is 12.5 Å². The summed E-state index contributed by atoms with van der Waals surface area (Å²) in [6.07, 6.45) is 0.468. The van der Waals surface area contributed by atoms with E-state index in [1.807, 2.05) is 66.7 Å². The van der Waals surface area contributed by atoms with Gasteiger partial charge in [-0.05, 0) is 59.9 Å². The van der Waals surface area contributed by atoms with E-state index in [1.54, 1.807) is 6.92 Å². The number of carboxylic acid groups (broad SMARTS) is 1. The number of alkyl carbamates (subject to hydrolysis) is 1. The number of nitrogens with zero attached hydrogens (tertiary/aromatic N) is 1. The summed E-state index contributed by atoms with van der Waals surface area (Å²) in [5, 5.41) is 12.8. The molecule has 2 unspecified atom stereocenters. The van der Waals surface area contributed by atoms with E-state index in [-0.39, 0.29) is 25.0 Å². The Morgan fingerprint density at radius 3 is 2.27 bits per heavy atom. The maximum absolute atomic E-state index is 13.9. The molecule has 1 saturated carbocycles. The topological polar surface area (TPSA) is 105 Å². The van der Waals surface area contributed by atoms with Crippen molar-refractivity contribution in [2.24, 2.45) is 5.92 Å². The van der Waals surface area contributed by atoms with E-state index in [4.69, 9.17) is 9.47 Å². The molecule has 2 N–H and O–H groups in total. The zero-order chi connectivity index (χ0) is 28.6. The van der Waals surface area contributed by atoms with Crippen molar-refractivity contribution < 1.29 is 29.0 Å². The summed E-state index contributed by atoms with van der Waals surface area (Å²) >= 11 is 0. The molecule has 41 heavy (non-hydrogen) atoms. The minimum absolute atomic E-state index is 0.0617. The second kappa shape index (κ2) is 11.0. The van der Waals surface area contributed by atoms with E-state index in [1.165, 1.54) is 4.90 Å². The Morgan fingerprint density at radius 1 is 0.976 bits per heavy atom. The van der Waals surface area contributed by atoms with Gasteiger partial charge in [-0.2, -0.15) is 0 Å². The number of amides is 2. The molecule has 0 bridgehead atoms. The number of fused-ring (bicyclic) bond motifs is 4. The number of aliphatic carboxylic acids is 1. The summed E-state index contributed by atoms with van der Waals surface area (Å²) < 4.78 is 11.8. The first-order chi connectivity index (χ1) is 19.9. The summed E-state index contributed by atoms with van der Waals surface area (Å²) in [6.45, 7) is 2.39. The van der Waals surface area contributed by atoms with E-state index in [0.717, 1.165) is 40.7 Å². The molecular weight excluding hydrogens is 520 g/mol. The summed E-state index contributed by atoms with van der Waals surface area (Å²) in [5.41, 5.74) is 4.15. The number of hydrogen-bond donors (Lipinski definition) is 2. The predicted molar refractivity (Wildman–Crippen MR) is 152 cm³/mol. The van der Waals surface area contributed by atoms with Gasteiger partial charge in [0.05, 0.1) is 12.7 Å². The number of rotatable bonds is 9. The molecule has 2 fully saturated rings. The zero-order valence-corrected chi connectivity index (χ0v) is 23.0. The molecule has 1 saturated heterocycles. The third-order valence-corrected chi connectivity index (χ3v) is 8.83. The van der Waals surface area contributed by atoms with Crippen LogP contribution in [-0.2, 0) is 25.7 Å². The van der Waals surface area contributed by atoms with Crippen LogP contribution in [0.1, 0.15) is 48.8 Å². The van der Waals surface area contributed by atoms with Crippen LogP contribution in [0, 0.1) is 5.92 Å². The molecule has 2 amide bonds. The number of ether oxygens (including phenoxy) is 2. The molecule has 3 aliphatic rings. The fraction of sp³-hybridized carbons (Fsp3) is 0.364. The van der Waals surface area contributed by atoms with Gasteiger partial charge >= 0.3 is 12.1 Å². The quantitative estimate of drug-likeness (QED) is 0.387. The molecule has 1 heterocycles. The highest BCUT2D eigenvalue weighted by Gasteiger charge is 2.67. The van der Waals surface area contributed by atoms with Crippen LogP contribution in [0.2, 0.25) is 0 Å². The van der Waals surface area contributed by atoms with Gasteiger partial charge in [-0.3, -0.25) is 4.79 Å². The van der Waals surface area contributed by atoms with Gasteiger partial charge in [0.15, 0.2) is 0 Å². The van der Waals surface area contributed by atoms with E-state index in [0.29, 0.717) is 13.0 Å². The Hall–Kier alpha value is -4.17. The summed E-state index contributed by atoms with van der Waals surface area (Å²) in [5.74, 6) is -1.64. The van der Waals surface area contributed by atoms with Crippen molar-refractivity contribution in [2.75, 3.05) is 13.2 Å². The molecule has 0 aromatic heterocycles. The SMILES string of the molecule is C[C@H](OCc1ccccc1)[C@@H](NC(=O)OCC1c2ccccc2-c2ccccc21)C(=O)N1CCCC2CC21C(=O)O. The zero-order valence-electron chi connectivity index (χ0n) is 23.0. The van der Waals surface area contributed by atoms with Crippen LogP contribution in [0.25, 0.3) is 11.1 Å². The first kappa shape index (κ1) is 27.0. The minimum atomic E-state index is -1.20. The predicted octanol–water partition coefficient (Wildman–Crippen LogP) is 4.96. The third kappa shape index (κ3) is 4.97. The molecule has 0 radical (unpaired) electrons. The Morgan fingerprint density at radius 2 is 1.61 bits per heavy atom. The van der Waals surface area contributed by atoms with Crippen molar-refractivity contribution in [3.63, 3.8) is 0 Å². The molecule has 3 aromatic carbocycles. The number of piperidine rings is 1. The molecule has 212 valence electrons. The van der Waals surface area contributed by atoms with Crippen molar-refractivity contribution >= 4 is 18.0 Å². The van der Waals surface area contributed by atoms with E-state index >= 15 is 0 Å². The van der Waals surface area contributed by atoms with Crippen molar-refractivity contribution in [1.29, 1.82) is 0 Å². The molecule has 8 heteroatoms. The highest BCUT2D eigenvalue weighted by atomic mass is 16.5. The molecule has 2 aliphatic carbocycles. The lowest BCUT2D eigenvalue weighted by atomic mass is 9.98. The molecule has 6 rings (SSSR count). The molecule has 3 aromatic rings. The monoisotopic (exact) mass is 554 g/mol. The second-order valence-corrected chi connectivity index (χ2v) is 11.2. The number of likely N-dealkylation sites (tertiary alicyclic amines) is 1. The largest absolute Gasteiger partial charge is 0.479 e. The van der Waals surface area contributed by atoms with Gasteiger partial charge in [-0.15, -0.1) is 0 Å². The van der Waals surface area contributed by atoms with E-state index < -0.39 is 35.7 Å². The maximum Gasteiger partial charge on any atom is 0.407 e.